The van der Waals surface area contributed by atoms with Crippen molar-refractivity contribution in [1.82, 2.24) is 9.29 Å². The maximum absolute atomic E-state index is 12.7. The Kier molecular flexibility index (Phi) is 5.28. The number of fused-ring (bicyclic) bond motifs is 1. The summed E-state index contributed by atoms with van der Waals surface area (Å²) >= 11 is 0. The molecule has 138 valence electrons. The van der Waals surface area contributed by atoms with Crippen molar-refractivity contribution in [2.45, 2.75) is 24.3 Å². The van der Waals surface area contributed by atoms with Crippen LogP contribution in [0, 0.1) is 0 Å². The Bertz CT molecular complexity index is 896. The molecule has 8 nitrogen and oxygen atoms in total. The standard InChI is InChI=1S/C16H23N3O5S/c1-3-12(11-19-6-8-23-9-7-19)17-25(21,22)13-4-5-14-15(10-13)24-16(20)18(14)2/h4-5,10,12,17H,3,6-9,11H2,1-2H3/p+1/t12-/m0/s1. The molecule has 2 N–H and O–H groups in total. The van der Waals surface area contributed by atoms with Crippen LogP contribution in [-0.4, -0.2) is 51.9 Å². The highest BCUT2D eigenvalue weighted by molar-refractivity contribution is 7.89. The predicted octanol–water partition coefficient (Wildman–Crippen LogP) is -0.896. The number of hydrogen-bond donors (Lipinski definition) is 2. The molecule has 1 fully saturated rings. The lowest BCUT2D eigenvalue weighted by Gasteiger charge is -2.27. The van der Waals surface area contributed by atoms with Crippen LogP contribution in [0.4, 0.5) is 0 Å². The minimum absolute atomic E-state index is 0.102. The lowest BCUT2D eigenvalue weighted by atomic mass is 10.2. The number of aromatic nitrogens is 1. The number of oxazole rings is 1. The highest BCUT2D eigenvalue weighted by Gasteiger charge is 2.25. The highest BCUT2D eigenvalue weighted by Crippen LogP contribution is 2.18. The number of sulfonamides is 1. The summed E-state index contributed by atoms with van der Waals surface area (Å²) in [5.41, 5.74) is 0.830. The van der Waals surface area contributed by atoms with Gasteiger partial charge in [0.25, 0.3) is 0 Å². The van der Waals surface area contributed by atoms with Crippen molar-refractivity contribution >= 4 is 21.1 Å². The molecule has 0 unspecified atom stereocenters. The van der Waals surface area contributed by atoms with Gasteiger partial charge in [0.05, 0.1) is 36.2 Å². The molecule has 0 bridgehead atoms. The minimum Gasteiger partial charge on any atom is -0.408 e. The van der Waals surface area contributed by atoms with Gasteiger partial charge in [0.2, 0.25) is 10.0 Å². The van der Waals surface area contributed by atoms with Crippen molar-refractivity contribution < 1.29 is 22.5 Å². The van der Waals surface area contributed by atoms with Crippen LogP contribution in [0.1, 0.15) is 13.3 Å². The molecular weight excluding hydrogens is 346 g/mol. The molecule has 1 aliphatic rings. The van der Waals surface area contributed by atoms with Crippen molar-refractivity contribution in [3.05, 3.63) is 28.7 Å². The van der Waals surface area contributed by atoms with Gasteiger partial charge in [0.1, 0.15) is 13.1 Å². The summed E-state index contributed by atoms with van der Waals surface area (Å²) in [7, 11) is -2.10. The quantitative estimate of drug-likeness (QED) is 0.687. The predicted molar refractivity (Wildman–Crippen MR) is 92.2 cm³/mol. The molecule has 0 spiro atoms. The molecule has 3 rings (SSSR count). The fraction of sp³-hybridized carbons (Fsp3) is 0.562. The van der Waals surface area contributed by atoms with E-state index in [9.17, 15) is 13.2 Å². The lowest BCUT2D eigenvalue weighted by Crippen LogP contribution is -3.15. The molecule has 1 aliphatic heterocycles. The van der Waals surface area contributed by atoms with Crippen LogP contribution in [0.5, 0.6) is 0 Å². The molecule has 1 aromatic carbocycles. The Morgan fingerprint density at radius 2 is 2.04 bits per heavy atom. The summed E-state index contributed by atoms with van der Waals surface area (Å²) in [5, 5.41) is 0. The van der Waals surface area contributed by atoms with E-state index < -0.39 is 15.8 Å². The Morgan fingerprint density at radius 3 is 2.72 bits per heavy atom. The average Bonchev–Trinajstić information content (AvgIpc) is 2.89. The van der Waals surface area contributed by atoms with Crippen molar-refractivity contribution in [2.24, 2.45) is 7.05 Å². The van der Waals surface area contributed by atoms with Crippen LogP contribution in [0.3, 0.4) is 0 Å². The monoisotopic (exact) mass is 370 g/mol. The molecule has 0 amide bonds. The van der Waals surface area contributed by atoms with Crippen LogP contribution in [0.2, 0.25) is 0 Å². The van der Waals surface area contributed by atoms with E-state index in [-0.39, 0.29) is 16.5 Å². The zero-order valence-electron chi connectivity index (χ0n) is 14.4. The summed E-state index contributed by atoms with van der Waals surface area (Å²) in [4.78, 5) is 13.0. The fourth-order valence-corrected chi connectivity index (χ4v) is 4.39. The number of benzene rings is 1. The van der Waals surface area contributed by atoms with Gasteiger partial charge in [0, 0.05) is 13.1 Å². The molecule has 0 aliphatic carbocycles. The first kappa shape index (κ1) is 18.1. The van der Waals surface area contributed by atoms with E-state index in [1.54, 1.807) is 13.1 Å². The second-order valence-corrected chi connectivity index (χ2v) is 8.06. The van der Waals surface area contributed by atoms with Crippen LogP contribution >= 0.6 is 0 Å². The third-order valence-corrected chi connectivity index (χ3v) is 6.14. The lowest BCUT2D eigenvalue weighted by molar-refractivity contribution is -0.909. The van der Waals surface area contributed by atoms with Gasteiger partial charge in [-0.2, -0.15) is 0 Å². The number of hydrogen-bond acceptors (Lipinski definition) is 5. The van der Waals surface area contributed by atoms with Crippen LogP contribution in [0.25, 0.3) is 11.1 Å². The van der Waals surface area contributed by atoms with Crippen LogP contribution in [0.15, 0.2) is 32.3 Å². The topological polar surface area (TPSA) is 95.0 Å². The van der Waals surface area contributed by atoms with Gasteiger partial charge in [-0.1, -0.05) is 6.92 Å². The van der Waals surface area contributed by atoms with Gasteiger partial charge in [-0.15, -0.1) is 0 Å². The zero-order valence-corrected chi connectivity index (χ0v) is 15.3. The van der Waals surface area contributed by atoms with Gasteiger partial charge in [-0.3, -0.25) is 4.57 Å². The van der Waals surface area contributed by atoms with E-state index in [0.29, 0.717) is 25.2 Å². The van der Waals surface area contributed by atoms with Gasteiger partial charge in [-0.05, 0) is 18.6 Å². The van der Waals surface area contributed by atoms with Gasteiger partial charge >= 0.3 is 5.76 Å². The molecule has 1 atom stereocenters. The number of morpholine rings is 1. The summed E-state index contributed by atoms with van der Waals surface area (Å²) in [6.07, 6.45) is 0.701. The average molecular weight is 370 g/mol. The Balaban J connectivity index is 1.78. The van der Waals surface area contributed by atoms with Gasteiger partial charge in [-0.25, -0.2) is 17.9 Å². The first-order valence-electron chi connectivity index (χ1n) is 8.44. The number of quaternary nitrogens is 1. The molecule has 1 saturated heterocycles. The molecule has 1 aromatic heterocycles. The summed E-state index contributed by atoms with van der Waals surface area (Å²) < 4.78 is 40.0. The maximum atomic E-state index is 12.7. The van der Waals surface area contributed by atoms with Crippen molar-refractivity contribution in [3.8, 4) is 0 Å². The third-order valence-electron chi connectivity index (χ3n) is 4.62. The van der Waals surface area contributed by atoms with Crippen molar-refractivity contribution in [3.63, 3.8) is 0 Å². The SMILES string of the molecule is CC[C@@H](C[NH+]1CCOCC1)NS(=O)(=O)c1ccc2c(c1)oc(=O)n2C. The van der Waals surface area contributed by atoms with Crippen molar-refractivity contribution in [2.75, 3.05) is 32.8 Å². The number of aryl methyl sites for hydroxylation is 1. The van der Waals surface area contributed by atoms with E-state index >= 15 is 0 Å². The summed E-state index contributed by atoms with van der Waals surface area (Å²) in [5.74, 6) is -0.514. The fourth-order valence-electron chi connectivity index (χ4n) is 3.05. The summed E-state index contributed by atoms with van der Waals surface area (Å²) in [6.45, 7) is 5.89. The number of nitrogens with one attached hydrogen (secondary N) is 2. The minimum atomic E-state index is -3.68. The largest absolute Gasteiger partial charge is 0.419 e. The Morgan fingerprint density at radius 1 is 1.32 bits per heavy atom. The highest BCUT2D eigenvalue weighted by atomic mass is 32.2. The Labute approximate surface area is 146 Å². The Hall–Kier alpha value is -1.68. The molecule has 2 aromatic rings. The zero-order chi connectivity index (χ0) is 18.0. The molecule has 0 radical (unpaired) electrons. The molecular formula is C16H24N3O5S+. The molecule has 9 heteroatoms. The van der Waals surface area contributed by atoms with Gasteiger partial charge < -0.3 is 14.1 Å². The summed E-state index contributed by atoms with van der Waals surface area (Å²) in [6, 6.07) is 4.32. The van der Waals surface area contributed by atoms with E-state index in [2.05, 4.69) is 4.72 Å². The second-order valence-electron chi connectivity index (χ2n) is 6.35. The molecule has 2 heterocycles. The van der Waals surface area contributed by atoms with Crippen LogP contribution < -0.4 is 15.4 Å². The van der Waals surface area contributed by atoms with Gasteiger partial charge in [0.15, 0.2) is 5.58 Å². The first-order chi connectivity index (χ1) is 11.9. The number of ether oxygens (including phenoxy) is 1. The van der Waals surface area contributed by atoms with E-state index in [0.717, 1.165) is 19.6 Å². The third kappa shape index (κ3) is 3.95. The number of rotatable bonds is 6. The molecule has 25 heavy (non-hydrogen) atoms. The normalized spacial score (nSPS) is 17.8. The van der Waals surface area contributed by atoms with E-state index in [4.69, 9.17) is 9.15 Å². The number of nitrogens with zero attached hydrogens (tertiary/aromatic N) is 1. The first-order valence-corrected chi connectivity index (χ1v) is 9.92. The van der Waals surface area contributed by atoms with Crippen molar-refractivity contribution in [1.29, 1.82) is 0 Å². The second kappa shape index (κ2) is 7.28. The van der Waals surface area contributed by atoms with E-state index in [1.165, 1.54) is 21.6 Å². The smallest absolute Gasteiger partial charge is 0.408 e. The van der Waals surface area contributed by atoms with E-state index in [1.807, 2.05) is 6.92 Å². The maximum Gasteiger partial charge on any atom is 0.419 e. The van der Waals surface area contributed by atoms with Crippen LogP contribution in [-0.2, 0) is 21.8 Å². The molecule has 0 saturated carbocycles.